The molecular formula is C20H22F3N3O. The van der Waals surface area contributed by atoms with E-state index >= 15 is 0 Å². The van der Waals surface area contributed by atoms with Crippen molar-refractivity contribution in [2.24, 2.45) is 0 Å². The Morgan fingerprint density at radius 1 is 1.15 bits per heavy atom. The van der Waals surface area contributed by atoms with E-state index < -0.39 is 11.7 Å². The molecule has 1 N–H and O–H groups in total. The number of alkyl halides is 3. The molecule has 2 aromatic rings. The lowest BCUT2D eigenvalue weighted by Crippen LogP contribution is -2.20. The number of benzene rings is 1. The molecule has 0 radical (unpaired) electrons. The Labute approximate surface area is 156 Å². The summed E-state index contributed by atoms with van der Waals surface area (Å²) in [6.45, 7) is 14.9. The van der Waals surface area contributed by atoms with Crippen LogP contribution in [0.15, 0.2) is 50.1 Å². The lowest BCUT2D eigenvalue weighted by atomic mass is 10.1. The minimum Gasteiger partial charge on any atom is -0.347 e. The van der Waals surface area contributed by atoms with Crippen LogP contribution in [0.2, 0.25) is 0 Å². The summed E-state index contributed by atoms with van der Waals surface area (Å²) in [5.41, 5.74) is 1.41. The quantitative estimate of drug-likeness (QED) is 0.720. The van der Waals surface area contributed by atoms with Gasteiger partial charge in [0, 0.05) is 5.56 Å². The SMILES string of the molecule is C=CC(=O)NCc1nn(-c2ccc(C(F)(F)F)cc2)c(C=C)c1C=C.CC. The predicted octanol–water partition coefficient (Wildman–Crippen LogP) is 5.01. The van der Waals surface area contributed by atoms with E-state index in [-0.39, 0.29) is 12.5 Å². The van der Waals surface area contributed by atoms with Gasteiger partial charge in [0.25, 0.3) is 0 Å². The molecule has 2 rings (SSSR count). The van der Waals surface area contributed by atoms with Gasteiger partial charge in [-0.25, -0.2) is 4.68 Å². The highest BCUT2D eigenvalue weighted by Crippen LogP contribution is 2.30. The first-order valence-corrected chi connectivity index (χ1v) is 8.26. The molecule has 27 heavy (non-hydrogen) atoms. The van der Waals surface area contributed by atoms with E-state index in [9.17, 15) is 18.0 Å². The molecule has 7 heteroatoms. The Morgan fingerprint density at radius 2 is 1.74 bits per heavy atom. The molecule has 1 heterocycles. The van der Waals surface area contributed by atoms with Crippen molar-refractivity contribution < 1.29 is 18.0 Å². The van der Waals surface area contributed by atoms with Crippen molar-refractivity contribution in [1.82, 2.24) is 15.1 Å². The van der Waals surface area contributed by atoms with Gasteiger partial charge < -0.3 is 5.32 Å². The maximum atomic E-state index is 12.7. The van der Waals surface area contributed by atoms with Crippen LogP contribution in [0.1, 0.15) is 36.4 Å². The molecule has 0 atom stereocenters. The van der Waals surface area contributed by atoms with Gasteiger partial charge in [-0.1, -0.05) is 39.7 Å². The molecule has 0 fully saturated rings. The van der Waals surface area contributed by atoms with Crippen LogP contribution in [0.3, 0.4) is 0 Å². The van der Waals surface area contributed by atoms with Crippen LogP contribution in [0.4, 0.5) is 13.2 Å². The number of carbonyl (C=O) groups is 1. The molecule has 1 aromatic heterocycles. The van der Waals surface area contributed by atoms with Crippen LogP contribution in [-0.2, 0) is 17.5 Å². The standard InChI is InChI=1S/C18H16F3N3O.C2H6/c1-4-14-15(11-22-17(25)6-3)23-24(16(14)5-2)13-9-7-12(8-10-13)18(19,20)21;1-2/h4-10H,1-3,11H2,(H,22,25);1-2H3. The fraction of sp³-hybridized carbons (Fsp3) is 0.200. The second-order valence-electron chi connectivity index (χ2n) is 5.03. The number of amides is 1. The van der Waals surface area contributed by atoms with Crippen molar-refractivity contribution in [2.45, 2.75) is 26.6 Å². The van der Waals surface area contributed by atoms with Crippen LogP contribution in [0, 0.1) is 0 Å². The zero-order chi connectivity index (χ0) is 20.6. The van der Waals surface area contributed by atoms with E-state index in [0.29, 0.717) is 22.6 Å². The van der Waals surface area contributed by atoms with Crippen molar-refractivity contribution in [2.75, 3.05) is 0 Å². The summed E-state index contributed by atoms with van der Waals surface area (Å²) >= 11 is 0. The number of hydrogen-bond donors (Lipinski definition) is 1. The van der Waals surface area contributed by atoms with E-state index in [1.807, 2.05) is 13.8 Å². The molecule has 0 unspecified atom stereocenters. The number of halogens is 3. The third-order valence-electron chi connectivity index (χ3n) is 3.49. The van der Waals surface area contributed by atoms with Gasteiger partial charge in [-0.3, -0.25) is 4.79 Å². The van der Waals surface area contributed by atoms with Crippen molar-refractivity contribution in [3.8, 4) is 5.69 Å². The fourth-order valence-electron chi connectivity index (χ4n) is 2.27. The Hall–Kier alpha value is -3.09. The fourth-order valence-corrected chi connectivity index (χ4v) is 2.27. The lowest BCUT2D eigenvalue weighted by molar-refractivity contribution is -0.137. The monoisotopic (exact) mass is 377 g/mol. The first kappa shape index (κ1) is 22.0. The lowest BCUT2D eigenvalue weighted by Gasteiger charge is -2.09. The highest BCUT2D eigenvalue weighted by Gasteiger charge is 2.30. The Kier molecular flexibility index (Phi) is 7.78. The minimum atomic E-state index is -4.41. The summed E-state index contributed by atoms with van der Waals surface area (Å²) in [5, 5.41) is 6.97. The molecule has 0 aliphatic heterocycles. The van der Waals surface area contributed by atoms with Crippen LogP contribution in [0.25, 0.3) is 17.8 Å². The number of aromatic nitrogens is 2. The van der Waals surface area contributed by atoms with Crippen molar-refractivity contribution in [3.05, 3.63) is 72.6 Å². The highest BCUT2D eigenvalue weighted by atomic mass is 19.4. The first-order valence-electron chi connectivity index (χ1n) is 8.26. The Bertz CT molecular complexity index is 818. The Morgan fingerprint density at radius 3 is 2.19 bits per heavy atom. The van der Waals surface area contributed by atoms with Crippen LogP contribution >= 0.6 is 0 Å². The summed E-state index contributed by atoms with van der Waals surface area (Å²) in [5.74, 6) is -0.362. The van der Waals surface area contributed by atoms with Gasteiger partial charge in [-0.05, 0) is 36.4 Å². The van der Waals surface area contributed by atoms with E-state index in [2.05, 4.69) is 30.2 Å². The summed E-state index contributed by atoms with van der Waals surface area (Å²) < 4.78 is 39.6. The molecule has 0 aliphatic rings. The first-order chi connectivity index (χ1) is 12.8. The van der Waals surface area contributed by atoms with E-state index in [4.69, 9.17) is 0 Å². The Balaban J connectivity index is 0.00000176. The molecule has 0 aliphatic carbocycles. The predicted molar refractivity (Wildman–Crippen MR) is 102 cm³/mol. The van der Waals surface area contributed by atoms with E-state index in [0.717, 1.165) is 18.2 Å². The zero-order valence-corrected chi connectivity index (χ0v) is 15.3. The molecule has 144 valence electrons. The molecule has 4 nitrogen and oxygen atoms in total. The van der Waals surface area contributed by atoms with Gasteiger partial charge in [0.05, 0.1) is 29.2 Å². The highest BCUT2D eigenvalue weighted by molar-refractivity contribution is 5.86. The third kappa shape index (κ3) is 5.20. The van der Waals surface area contributed by atoms with Crippen LogP contribution in [-0.4, -0.2) is 15.7 Å². The molecule has 0 spiro atoms. The summed E-state index contributed by atoms with van der Waals surface area (Å²) in [4.78, 5) is 11.3. The molecule has 0 saturated heterocycles. The van der Waals surface area contributed by atoms with Crippen molar-refractivity contribution >= 4 is 18.1 Å². The molecular weight excluding hydrogens is 355 g/mol. The van der Waals surface area contributed by atoms with E-state index in [1.165, 1.54) is 22.9 Å². The summed E-state index contributed by atoms with van der Waals surface area (Å²) in [6, 6.07) is 4.61. The molecule has 1 amide bonds. The molecule has 0 bridgehead atoms. The van der Waals surface area contributed by atoms with Gasteiger partial charge >= 0.3 is 6.18 Å². The van der Waals surface area contributed by atoms with Gasteiger partial charge in [0.1, 0.15) is 0 Å². The third-order valence-corrected chi connectivity index (χ3v) is 3.49. The number of nitrogens with zero attached hydrogens (tertiary/aromatic N) is 2. The summed E-state index contributed by atoms with van der Waals surface area (Å²) in [6.07, 6.45) is -0.189. The van der Waals surface area contributed by atoms with Gasteiger partial charge in [-0.2, -0.15) is 18.3 Å². The number of rotatable bonds is 6. The van der Waals surface area contributed by atoms with Crippen LogP contribution < -0.4 is 5.32 Å². The van der Waals surface area contributed by atoms with Crippen molar-refractivity contribution in [3.63, 3.8) is 0 Å². The minimum absolute atomic E-state index is 0.126. The van der Waals surface area contributed by atoms with E-state index in [1.54, 1.807) is 6.08 Å². The van der Waals surface area contributed by atoms with Gasteiger partial charge in [0.15, 0.2) is 0 Å². The average Bonchev–Trinajstić information content (AvgIpc) is 3.04. The number of nitrogens with one attached hydrogen (secondary N) is 1. The molecule has 0 saturated carbocycles. The normalized spacial score (nSPS) is 10.4. The smallest absolute Gasteiger partial charge is 0.347 e. The van der Waals surface area contributed by atoms with Gasteiger partial charge in [-0.15, -0.1) is 0 Å². The summed E-state index contributed by atoms with van der Waals surface area (Å²) in [7, 11) is 0. The topological polar surface area (TPSA) is 46.9 Å². The van der Waals surface area contributed by atoms with Gasteiger partial charge in [0.2, 0.25) is 5.91 Å². The number of hydrogen-bond acceptors (Lipinski definition) is 2. The second-order valence-corrected chi connectivity index (χ2v) is 5.03. The number of carbonyl (C=O) groups excluding carboxylic acids is 1. The zero-order valence-electron chi connectivity index (χ0n) is 15.3. The average molecular weight is 377 g/mol. The largest absolute Gasteiger partial charge is 0.416 e. The van der Waals surface area contributed by atoms with Crippen molar-refractivity contribution in [1.29, 1.82) is 0 Å². The maximum absolute atomic E-state index is 12.7. The second kappa shape index (κ2) is 9.56. The van der Waals surface area contributed by atoms with Crippen LogP contribution in [0.5, 0.6) is 0 Å². The maximum Gasteiger partial charge on any atom is 0.416 e. The molecule has 1 aromatic carbocycles.